The van der Waals surface area contributed by atoms with E-state index in [1.54, 1.807) is 0 Å². The Balaban J connectivity index is 4.09. The van der Waals surface area contributed by atoms with E-state index >= 15 is 0 Å². The van der Waals surface area contributed by atoms with Crippen LogP contribution in [0.5, 0.6) is 0 Å². The molecular formula is C49H94O6. The zero-order chi connectivity index (χ0) is 40.3. The summed E-state index contributed by atoms with van der Waals surface area (Å²) >= 11 is 0. The van der Waals surface area contributed by atoms with Crippen LogP contribution in [0.3, 0.4) is 0 Å². The summed E-state index contributed by atoms with van der Waals surface area (Å²) in [4.78, 5) is 37.5. The monoisotopic (exact) mass is 779 g/mol. The lowest BCUT2D eigenvalue weighted by molar-refractivity contribution is -0.167. The van der Waals surface area contributed by atoms with Crippen molar-refractivity contribution in [2.45, 2.75) is 278 Å². The Morgan fingerprint density at radius 1 is 0.345 bits per heavy atom. The highest BCUT2D eigenvalue weighted by molar-refractivity contribution is 5.71. The molecule has 1 atom stereocenters. The molecule has 0 saturated carbocycles. The number of hydrogen-bond acceptors (Lipinski definition) is 6. The first-order chi connectivity index (χ1) is 26.9. The molecule has 0 aliphatic carbocycles. The molecule has 0 radical (unpaired) electrons. The van der Waals surface area contributed by atoms with Gasteiger partial charge in [0, 0.05) is 19.3 Å². The maximum atomic E-state index is 12.5. The highest BCUT2D eigenvalue weighted by atomic mass is 16.6. The fourth-order valence-electron chi connectivity index (χ4n) is 7.33. The molecule has 0 aromatic carbocycles. The van der Waals surface area contributed by atoms with Crippen molar-refractivity contribution in [2.24, 2.45) is 5.92 Å². The van der Waals surface area contributed by atoms with E-state index < -0.39 is 6.10 Å². The van der Waals surface area contributed by atoms with Crippen LogP contribution in [-0.4, -0.2) is 37.2 Å². The van der Waals surface area contributed by atoms with Crippen LogP contribution in [0.2, 0.25) is 0 Å². The van der Waals surface area contributed by atoms with Crippen LogP contribution >= 0.6 is 0 Å². The first-order valence-electron chi connectivity index (χ1n) is 24.4. The average molecular weight is 779 g/mol. The molecular weight excluding hydrogens is 685 g/mol. The summed E-state index contributed by atoms with van der Waals surface area (Å²) in [5.74, 6) is -0.0238. The zero-order valence-electron chi connectivity index (χ0n) is 37.4. The van der Waals surface area contributed by atoms with E-state index in [1.165, 1.54) is 161 Å². The molecule has 0 saturated heterocycles. The molecule has 0 bridgehead atoms. The summed E-state index contributed by atoms with van der Waals surface area (Å²) in [5, 5.41) is 0. The summed E-state index contributed by atoms with van der Waals surface area (Å²) in [6.07, 6.45) is 44.1. The molecule has 0 unspecified atom stereocenters. The fourth-order valence-corrected chi connectivity index (χ4v) is 7.33. The summed E-state index contributed by atoms with van der Waals surface area (Å²) in [6, 6.07) is 0. The smallest absolute Gasteiger partial charge is 0.306 e. The highest BCUT2D eigenvalue weighted by Crippen LogP contribution is 2.17. The zero-order valence-corrected chi connectivity index (χ0v) is 37.4. The van der Waals surface area contributed by atoms with E-state index in [0.29, 0.717) is 19.3 Å². The molecule has 0 rings (SSSR count). The van der Waals surface area contributed by atoms with Crippen LogP contribution in [0.15, 0.2) is 0 Å². The SMILES string of the molecule is CCCCCCCCCCCCCCCCCCC(=O)OC[C@@H](COC(=O)CCCCCCCCCCCCCCCC(C)C)OC(=O)CCCCCCC. The molecule has 55 heavy (non-hydrogen) atoms. The highest BCUT2D eigenvalue weighted by Gasteiger charge is 2.19. The molecule has 0 fully saturated rings. The van der Waals surface area contributed by atoms with Gasteiger partial charge in [0.15, 0.2) is 6.10 Å². The molecule has 0 N–H and O–H groups in total. The largest absolute Gasteiger partial charge is 0.462 e. The molecule has 0 amide bonds. The standard InChI is InChI=1S/C49H94O6/c1-5-7-9-11-12-13-14-15-16-17-20-23-26-29-33-36-40-47(50)53-43-46(55-49(52)42-38-31-10-8-6-2)44-54-48(51)41-37-34-30-27-24-21-18-19-22-25-28-32-35-39-45(3)4/h45-46H,5-44H2,1-4H3/t46-/m0/s1. The Labute approximate surface area is 342 Å². The van der Waals surface area contributed by atoms with Gasteiger partial charge < -0.3 is 14.2 Å². The van der Waals surface area contributed by atoms with Gasteiger partial charge in [0.25, 0.3) is 0 Å². The van der Waals surface area contributed by atoms with Crippen LogP contribution in [0, 0.1) is 5.92 Å². The Bertz CT molecular complexity index is 826. The van der Waals surface area contributed by atoms with Crippen molar-refractivity contribution in [2.75, 3.05) is 13.2 Å². The van der Waals surface area contributed by atoms with E-state index in [-0.39, 0.29) is 31.1 Å². The molecule has 0 aromatic heterocycles. The van der Waals surface area contributed by atoms with Crippen molar-refractivity contribution in [3.63, 3.8) is 0 Å². The van der Waals surface area contributed by atoms with Gasteiger partial charge in [0.2, 0.25) is 0 Å². The minimum Gasteiger partial charge on any atom is -0.462 e. The maximum absolute atomic E-state index is 12.5. The van der Waals surface area contributed by atoms with Crippen LogP contribution in [-0.2, 0) is 28.6 Å². The summed E-state index contributed by atoms with van der Waals surface area (Å²) < 4.78 is 16.6. The predicted molar refractivity (Wildman–Crippen MR) is 233 cm³/mol. The molecule has 0 spiro atoms. The fraction of sp³-hybridized carbons (Fsp3) is 0.939. The predicted octanol–water partition coefficient (Wildman–Crippen LogP) is 15.5. The second kappa shape index (κ2) is 43.5. The number of esters is 3. The third-order valence-corrected chi connectivity index (χ3v) is 11.0. The summed E-state index contributed by atoms with van der Waals surface area (Å²) in [7, 11) is 0. The Morgan fingerprint density at radius 3 is 0.891 bits per heavy atom. The van der Waals surface area contributed by atoms with Crippen LogP contribution in [0.1, 0.15) is 272 Å². The van der Waals surface area contributed by atoms with Gasteiger partial charge >= 0.3 is 17.9 Å². The third kappa shape index (κ3) is 43.4. The Hall–Kier alpha value is -1.59. The van der Waals surface area contributed by atoms with Crippen LogP contribution in [0.25, 0.3) is 0 Å². The van der Waals surface area contributed by atoms with Crippen molar-refractivity contribution < 1.29 is 28.6 Å². The molecule has 0 heterocycles. The minimum absolute atomic E-state index is 0.0646. The van der Waals surface area contributed by atoms with Gasteiger partial charge in [-0.15, -0.1) is 0 Å². The number of unbranched alkanes of at least 4 members (excludes halogenated alkanes) is 31. The first kappa shape index (κ1) is 53.4. The van der Waals surface area contributed by atoms with Crippen LogP contribution in [0.4, 0.5) is 0 Å². The van der Waals surface area contributed by atoms with Crippen LogP contribution < -0.4 is 0 Å². The van der Waals surface area contributed by atoms with E-state index in [9.17, 15) is 14.4 Å². The van der Waals surface area contributed by atoms with Crippen molar-refractivity contribution in [3.05, 3.63) is 0 Å². The van der Waals surface area contributed by atoms with Gasteiger partial charge in [-0.05, 0) is 25.2 Å². The molecule has 0 aromatic rings. The molecule has 326 valence electrons. The minimum atomic E-state index is -0.758. The van der Waals surface area contributed by atoms with E-state index in [1.807, 2.05) is 0 Å². The van der Waals surface area contributed by atoms with E-state index in [0.717, 1.165) is 70.1 Å². The molecule has 6 heteroatoms. The molecule has 0 aliphatic heterocycles. The molecule has 0 aliphatic rings. The number of carbonyl (C=O) groups excluding carboxylic acids is 3. The first-order valence-corrected chi connectivity index (χ1v) is 24.4. The molecule has 6 nitrogen and oxygen atoms in total. The number of carbonyl (C=O) groups is 3. The summed E-state index contributed by atoms with van der Waals surface area (Å²) in [5.41, 5.74) is 0. The second-order valence-electron chi connectivity index (χ2n) is 17.2. The average Bonchev–Trinajstić information content (AvgIpc) is 3.17. The van der Waals surface area contributed by atoms with Gasteiger partial charge in [0.1, 0.15) is 13.2 Å². The number of hydrogen-bond donors (Lipinski definition) is 0. The van der Waals surface area contributed by atoms with Crippen molar-refractivity contribution in [3.8, 4) is 0 Å². The Morgan fingerprint density at radius 2 is 0.600 bits per heavy atom. The van der Waals surface area contributed by atoms with Gasteiger partial charge in [-0.1, -0.05) is 233 Å². The maximum Gasteiger partial charge on any atom is 0.306 e. The lowest BCUT2D eigenvalue weighted by atomic mass is 10.0. The quantitative estimate of drug-likeness (QED) is 0.0348. The number of rotatable bonds is 44. The summed E-state index contributed by atoms with van der Waals surface area (Å²) in [6.45, 7) is 8.94. The second-order valence-corrected chi connectivity index (χ2v) is 17.2. The van der Waals surface area contributed by atoms with Gasteiger partial charge in [-0.25, -0.2) is 0 Å². The van der Waals surface area contributed by atoms with Crippen molar-refractivity contribution in [1.82, 2.24) is 0 Å². The lowest BCUT2D eigenvalue weighted by Gasteiger charge is -2.18. The number of ether oxygens (including phenoxy) is 3. The normalized spacial score (nSPS) is 11.9. The van der Waals surface area contributed by atoms with E-state index in [2.05, 4.69) is 27.7 Å². The third-order valence-electron chi connectivity index (χ3n) is 11.0. The van der Waals surface area contributed by atoms with Crippen molar-refractivity contribution >= 4 is 17.9 Å². The lowest BCUT2D eigenvalue weighted by Crippen LogP contribution is -2.30. The van der Waals surface area contributed by atoms with Gasteiger partial charge in [-0.3, -0.25) is 14.4 Å². The van der Waals surface area contributed by atoms with Gasteiger partial charge in [-0.2, -0.15) is 0 Å². The van der Waals surface area contributed by atoms with E-state index in [4.69, 9.17) is 14.2 Å². The topological polar surface area (TPSA) is 78.9 Å². The van der Waals surface area contributed by atoms with Crippen molar-refractivity contribution in [1.29, 1.82) is 0 Å². The Kier molecular flexibility index (Phi) is 42.3. The van der Waals surface area contributed by atoms with Gasteiger partial charge in [0.05, 0.1) is 0 Å².